The van der Waals surface area contributed by atoms with Crippen molar-refractivity contribution in [3.63, 3.8) is 0 Å². The van der Waals surface area contributed by atoms with Gasteiger partial charge in [0.25, 0.3) is 0 Å². The number of rotatable bonds is 5. The van der Waals surface area contributed by atoms with Gasteiger partial charge in [-0.2, -0.15) is 5.26 Å². The molecule has 0 spiro atoms. The summed E-state index contributed by atoms with van der Waals surface area (Å²) in [7, 11) is 0. The zero-order valence-electron chi connectivity index (χ0n) is 11.2. The molecular weight excluding hydrogens is 268 g/mol. The van der Waals surface area contributed by atoms with Gasteiger partial charge in [-0.3, -0.25) is 4.98 Å². The zero-order valence-corrected chi connectivity index (χ0v) is 11.2. The first kappa shape index (κ1) is 14.3. The van der Waals surface area contributed by atoms with E-state index in [4.69, 9.17) is 10.00 Å². The Morgan fingerprint density at radius 3 is 2.95 bits per heavy atom. The highest BCUT2D eigenvalue weighted by Crippen LogP contribution is 2.17. The Morgan fingerprint density at radius 1 is 1.29 bits per heavy atom. The maximum Gasteiger partial charge on any atom is 0.319 e. The number of aromatic nitrogens is 1. The molecule has 1 aromatic carbocycles. The van der Waals surface area contributed by atoms with Crippen LogP contribution in [0, 0.1) is 11.3 Å². The molecule has 0 unspecified atom stereocenters. The first-order valence-corrected chi connectivity index (χ1v) is 6.32. The van der Waals surface area contributed by atoms with E-state index in [-0.39, 0.29) is 12.6 Å². The Kier molecular flexibility index (Phi) is 5.12. The highest BCUT2D eigenvalue weighted by atomic mass is 16.5. The van der Waals surface area contributed by atoms with Crippen molar-refractivity contribution in [1.29, 1.82) is 5.26 Å². The molecule has 6 nitrogen and oxygen atoms in total. The SMILES string of the molecule is N#CCOc1cccc(NC(=O)NCc2ccccn2)c1. The molecule has 6 heteroatoms. The smallest absolute Gasteiger partial charge is 0.319 e. The van der Waals surface area contributed by atoms with E-state index < -0.39 is 0 Å². The van der Waals surface area contributed by atoms with Crippen LogP contribution in [0.25, 0.3) is 0 Å². The Labute approximate surface area is 122 Å². The number of urea groups is 1. The normalized spacial score (nSPS) is 9.48. The number of amides is 2. The van der Waals surface area contributed by atoms with Gasteiger partial charge in [0, 0.05) is 18.0 Å². The molecule has 1 heterocycles. The topological polar surface area (TPSA) is 87.0 Å². The number of nitrogens with one attached hydrogen (secondary N) is 2. The maximum atomic E-state index is 11.8. The number of anilines is 1. The van der Waals surface area contributed by atoms with Crippen LogP contribution < -0.4 is 15.4 Å². The molecule has 0 aliphatic carbocycles. The molecule has 0 bridgehead atoms. The van der Waals surface area contributed by atoms with Crippen LogP contribution in [0.15, 0.2) is 48.7 Å². The van der Waals surface area contributed by atoms with E-state index in [0.29, 0.717) is 18.0 Å². The first-order chi connectivity index (χ1) is 10.3. The van der Waals surface area contributed by atoms with E-state index in [1.54, 1.807) is 30.5 Å². The summed E-state index contributed by atoms with van der Waals surface area (Å²) in [6.45, 7) is 0.312. The maximum absolute atomic E-state index is 11.8. The molecule has 2 amide bonds. The molecule has 1 aromatic heterocycles. The number of carbonyl (C=O) groups is 1. The Balaban J connectivity index is 1.86. The monoisotopic (exact) mass is 282 g/mol. The summed E-state index contributed by atoms with van der Waals surface area (Å²) in [4.78, 5) is 15.9. The van der Waals surface area contributed by atoms with Gasteiger partial charge in [0.1, 0.15) is 11.8 Å². The molecule has 0 aliphatic rings. The Hall–Kier alpha value is -3.07. The van der Waals surface area contributed by atoms with Crippen molar-refractivity contribution in [2.45, 2.75) is 6.54 Å². The number of benzene rings is 1. The number of hydrogen-bond acceptors (Lipinski definition) is 4. The van der Waals surface area contributed by atoms with Gasteiger partial charge in [-0.05, 0) is 24.3 Å². The minimum Gasteiger partial charge on any atom is -0.479 e. The van der Waals surface area contributed by atoms with Crippen LogP contribution in [0.1, 0.15) is 5.69 Å². The van der Waals surface area contributed by atoms with Crippen molar-refractivity contribution >= 4 is 11.7 Å². The summed E-state index contributed by atoms with van der Waals surface area (Å²) in [6.07, 6.45) is 1.67. The fourth-order valence-electron chi connectivity index (χ4n) is 1.63. The van der Waals surface area contributed by atoms with E-state index in [2.05, 4.69) is 15.6 Å². The van der Waals surface area contributed by atoms with Gasteiger partial charge in [0.2, 0.25) is 0 Å². The van der Waals surface area contributed by atoms with E-state index >= 15 is 0 Å². The van der Waals surface area contributed by atoms with Crippen LogP contribution in [-0.4, -0.2) is 17.6 Å². The van der Waals surface area contributed by atoms with Crippen molar-refractivity contribution in [3.05, 3.63) is 54.4 Å². The fraction of sp³-hybridized carbons (Fsp3) is 0.133. The average molecular weight is 282 g/mol. The van der Waals surface area contributed by atoms with Crippen molar-refractivity contribution in [3.8, 4) is 11.8 Å². The first-order valence-electron chi connectivity index (χ1n) is 6.32. The molecule has 0 saturated carbocycles. The second kappa shape index (κ2) is 7.50. The largest absolute Gasteiger partial charge is 0.479 e. The third-order valence-corrected chi connectivity index (χ3v) is 2.55. The minimum absolute atomic E-state index is 0.0324. The molecule has 2 aromatic rings. The van der Waals surface area contributed by atoms with Crippen molar-refractivity contribution < 1.29 is 9.53 Å². The zero-order chi connectivity index (χ0) is 14.9. The van der Waals surface area contributed by atoms with Crippen LogP contribution >= 0.6 is 0 Å². The number of pyridine rings is 1. The molecule has 0 fully saturated rings. The number of hydrogen-bond donors (Lipinski definition) is 2. The Morgan fingerprint density at radius 2 is 2.19 bits per heavy atom. The van der Waals surface area contributed by atoms with Crippen molar-refractivity contribution in [1.82, 2.24) is 10.3 Å². The quantitative estimate of drug-likeness (QED) is 0.881. The van der Waals surface area contributed by atoms with Gasteiger partial charge in [-0.1, -0.05) is 12.1 Å². The second-order valence-corrected chi connectivity index (χ2v) is 4.10. The molecule has 0 aliphatic heterocycles. The Bertz CT molecular complexity index is 638. The highest BCUT2D eigenvalue weighted by Gasteiger charge is 2.03. The predicted octanol–water partition coefficient (Wildman–Crippen LogP) is 2.31. The summed E-state index contributed by atoms with van der Waals surface area (Å²) in [5, 5.41) is 13.9. The molecule has 0 radical (unpaired) electrons. The summed E-state index contributed by atoms with van der Waals surface area (Å²) in [5.74, 6) is 0.527. The minimum atomic E-state index is -0.335. The van der Waals surface area contributed by atoms with Crippen LogP contribution in [0.4, 0.5) is 10.5 Å². The number of nitriles is 1. The van der Waals surface area contributed by atoms with E-state index in [0.717, 1.165) is 5.69 Å². The molecule has 106 valence electrons. The average Bonchev–Trinajstić information content (AvgIpc) is 2.52. The lowest BCUT2D eigenvalue weighted by atomic mass is 10.3. The van der Waals surface area contributed by atoms with Crippen LogP contribution in [-0.2, 0) is 6.54 Å². The van der Waals surface area contributed by atoms with E-state index in [9.17, 15) is 4.79 Å². The third-order valence-electron chi connectivity index (χ3n) is 2.55. The third kappa shape index (κ3) is 4.84. The van der Waals surface area contributed by atoms with Gasteiger partial charge >= 0.3 is 6.03 Å². The molecule has 0 saturated heterocycles. The number of ether oxygens (including phenoxy) is 1. The van der Waals surface area contributed by atoms with Gasteiger partial charge in [-0.15, -0.1) is 0 Å². The lowest BCUT2D eigenvalue weighted by molar-refractivity contribution is 0.251. The van der Waals surface area contributed by atoms with E-state index in [1.165, 1.54) is 0 Å². The van der Waals surface area contributed by atoms with Crippen molar-refractivity contribution in [2.75, 3.05) is 11.9 Å². The standard InChI is InChI=1S/C15H14N4O2/c16-7-9-21-14-6-3-5-12(10-14)19-15(20)18-11-13-4-1-2-8-17-13/h1-6,8,10H,9,11H2,(H2,18,19,20). The summed E-state index contributed by atoms with van der Waals surface area (Å²) in [5.41, 5.74) is 1.36. The molecule has 0 atom stereocenters. The van der Waals surface area contributed by atoms with Crippen LogP contribution in [0.5, 0.6) is 5.75 Å². The number of carbonyl (C=O) groups excluding carboxylic acids is 1. The van der Waals surface area contributed by atoms with Crippen molar-refractivity contribution in [2.24, 2.45) is 0 Å². The van der Waals surface area contributed by atoms with Crippen LogP contribution in [0.2, 0.25) is 0 Å². The van der Waals surface area contributed by atoms with Gasteiger partial charge in [-0.25, -0.2) is 4.79 Å². The highest BCUT2D eigenvalue weighted by molar-refractivity contribution is 5.89. The lowest BCUT2D eigenvalue weighted by Gasteiger charge is -2.08. The van der Waals surface area contributed by atoms with Gasteiger partial charge in [0.05, 0.1) is 12.2 Å². The molecule has 21 heavy (non-hydrogen) atoms. The summed E-state index contributed by atoms with van der Waals surface area (Å²) >= 11 is 0. The van der Waals surface area contributed by atoms with E-state index in [1.807, 2.05) is 24.3 Å². The summed E-state index contributed by atoms with van der Waals surface area (Å²) in [6, 6.07) is 13.9. The number of nitrogens with zero attached hydrogens (tertiary/aromatic N) is 2. The predicted molar refractivity (Wildman–Crippen MR) is 77.6 cm³/mol. The molecule has 2 N–H and O–H groups in total. The lowest BCUT2D eigenvalue weighted by Crippen LogP contribution is -2.28. The molecule has 2 rings (SSSR count). The summed E-state index contributed by atoms with van der Waals surface area (Å²) < 4.78 is 5.16. The van der Waals surface area contributed by atoms with Gasteiger partial charge in [0.15, 0.2) is 6.61 Å². The molecular formula is C15H14N4O2. The fourth-order valence-corrected chi connectivity index (χ4v) is 1.63. The van der Waals surface area contributed by atoms with Crippen LogP contribution in [0.3, 0.4) is 0 Å². The second-order valence-electron chi connectivity index (χ2n) is 4.10. The van der Waals surface area contributed by atoms with Gasteiger partial charge < -0.3 is 15.4 Å².